The summed E-state index contributed by atoms with van der Waals surface area (Å²) in [6.45, 7) is 1.27. The second-order valence-electron chi connectivity index (χ2n) is 4.41. The molecule has 0 saturated heterocycles. The Balaban J connectivity index is 2.47. The number of carboxylic acid groups (broad SMARTS) is 1. The zero-order valence-corrected chi connectivity index (χ0v) is 11.1. The summed E-state index contributed by atoms with van der Waals surface area (Å²) in [7, 11) is 0. The van der Waals surface area contributed by atoms with Crippen LogP contribution in [-0.4, -0.2) is 40.0 Å². The van der Waals surface area contributed by atoms with Crippen molar-refractivity contribution >= 4 is 17.7 Å². The van der Waals surface area contributed by atoms with Gasteiger partial charge in [0.05, 0.1) is 6.10 Å². The summed E-state index contributed by atoms with van der Waals surface area (Å²) in [6.07, 6.45) is -1.34. The summed E-state index contributed by atoms with van der Waals surface area (Å²) in [6, 6.07) is 7.16. The van der Waals surface area contributed by atoms with Crippen molar-refractivity contribution in [3.8, 4) is 0 Å². The molecule has 2 atom stereocenters. The molecule has 0 spiro atoms. The molecule has 1 amide bonds. The van der Waals surface area contributed by atoms with Crippen LogP contribution in [0.1, 0.15) is 30.1 Å². The quantitative estimate of drug-likeness (QED) is 0.634. The summed E-state index contributed by atoms with van der Waals surface area (Å²) in [5.74, 6) is -2.09. The largest absolute Gasteiger partial charge is 0.480 e. The van der Waals surface area contributed by atoms with Gasteiger partial charge >= 0.3 is 5.97 Å². The van der Waals surface area contributed by atoms with Gasteiger partial charge in [0, 0.05) is 18.4 Å². The third-order valence-corrected chi connectivity index (χ3v) is 2.74. The van der Waals surface area contributed by atoms with E-state index in [1.165, 1.54) is 6.92 Å². The van der Waals surface area contributed by atoms with E-state index in [1.807, 2.05) is 0 Å². The van der Waals surface area contributed by atoms with Gasteiger partial charge in [0.1, 0.15) is 0 Å². The zero-order valence-electron chi connectivity index (χ0n) is 11.1. The first-order chi connectivity index (χ1) is 9.41. The molecule has 6 heteroatoms. The van der Waals surface area contributed by atoms with Gasteiger partial charge in [-0.1, -0.05) is 30.3 Å². The fraction of sp³-hybridized carbons (Fsp3) is 0.357. The number of benzene rings is 1. The van der Waals surface area contributed by atoms with Crippen LogP contribution in [0.15, 0.2) is 30.3 Å². The Kier molecular flexibility index (Phi) is 5.86. The molecular weight excluding hydrogens is 262 g/mol. The zero-order chi connectivity index (χ0) is 15.1. The number of aliphatic hydroxyl groups is 1. The lowest BCUT2D eigenvalue weighted by Crippen LogP contribution is -2.47. The lowest BCUT2D eigenvalue weighted by molar-refractivity contribution is -0.144. The van der Waals surface area contributed by atoms with Gasteiger partial charge in [-0.2, -0.15) is 0 Å². The number of carbonyl (C=O) groups excluding carboxylic acids is 2. The van der Waals surface area contributed by atoms with E-state index in [1.54, 1.807) is 30.3 Å². The van der Waals surface area contributed by atoms with Crippen LogP contribution in [0.5, 0.6) is 0 Å². The molecule has 0 aliphatic heterocycles. The number of hydrogen-bond donors (Lipinski definition) is 3. The summed E-state index contributed by atoms with van der Waals surface area (Å²) < 4.78 is 0. The molecule has 3 N–H and O–H groups in total. The highest BCUT2D eigenvalue weighted by atomic mass is 16.4. The van der Waals surface area contributed by atoms with Crippen LogP contribution >= 0.6 is 0 Å². The molecular formula is C14H17NO5. The molecule has 2 unspecified atom stereocenters. The number of nitrogens with one attached hydrogen (secondary N) is 1. The molecule has 20 heavy (non-hydrogen) atoms. The first-order valence-electron chi connectivity index (χ1n) is 6.20. The standard InChI is InChI=1S/C14H17NO5/c1-9(16)13(14(19)20)15-12(18)8-7-11(17)10-5-3-2-4-6-10/h2-6,9,13,16H,7-8H2,1H3,(H,15,18)(H,19,20). The highest BCUT2D eigenvalue weighted by molar-refractivity contribution is 5.98. The average molecular weight is 279 g/mol. The normalized spacial score (nSPS) is 13.3. The first-order valence-corrected chi connectivity index (χ1v) is 6.20. The molecule has 0 aliphatic rings. The monoisotopic (exact) mass is 279 g/mol. The molecule has 1 aromatic rings. The SMILES string of the molecule is CC(O)C(NC(=O)CCC(=O)c1ccccc1)C(=O)O. The predicted molar refractivity (Wildman–Crippen MR) is 71.3 cm³/mol. The summed E-state index contributed by atoms with van der Waals surface area (Å²) in [5.41, 5.74) is 0.505. The van der Waals surface area contributed by atoms with Gasteiger partial charge in [-0.15, -0.1) is 0 Å². The third kappa shape index (κ3) is 4.81. The van der Waals surface area contributed by atoms with Gasteiger partial charge in [0.2, 0.25) is 5.91 Å². The van der Waals surface area contributed by atoms with Crippen LogP contribution in [0.4, 0.5) is 0 Å². The van der Waals surface area contributed by atoms with E-state index in [0.29, 0.717) is 5.56 Å². The van der Waals surface area contributed by atoms with Crippen molar-refractivity contribution in [1.82, 2.24) is 5.32 Å². The molecule has 0 saturated carbocycles. The number of Topliss-reactive ketones (excluding diaryl/α,β-unsaturated/α-hetero) is 1. The number of aliphatic hydroxyl groups excluding tert-OH is 1. The highest BCUT2D eigenvalue weighted by Crippen LogP contribution is 2.05. The van der Waals surface area contributed by atoms with E-state index in [2.05, 4.69) is 5.32 Å². The van der Waals surface area contributed by atoms with Gasteiger partial charge in [-0.05, 0) is 6.92 Å². The van der Waals surface area contributed by atoms with E-state index in [0.717, 1.165) is 0 Å². The Morgan fingerprint density at radius 3 is 2.25 bits per heavy atom. The second-order valence-corrected chi connectivity index (χ2v) is 4.41. The number of aliphatic carboxylic acids is 1. The van der Waals surface area contributed by atoms with E-state index < -0.39 is 24.0 Å². The highest BCUT2D eigenvalue weighted by Gasteiger charge is 2.24. The molecule has 0 aromatic heterocycles. The second kappa shape index (κ2) is 7.40. The van der Waals surface area contributed by atoms with Crippen molar-refractivity contribution in [3.63, 3.8) is 0 Å². The number of ketones is 1. The Hall–Kier alpha value is -2.21. The molecule has 0 radical (unpaired) electrons. The minimum Gasteiger partial charge on any atom is -0.480 e. The van der Waals surface area contributed by atoms with Crippen molar-refractivity contribution in [2.45, 2.75) is 31.9 Å². The van der Waals surface area contributed by atoms with E-state index >= 15 is 0 Å². The molecule has 0 bridgehead atoms. The van der Waals surface area contributed by atoms with Gasteiger partial charge < -0.3 is 15.5 Å². The lowest BCUT2D eigenvalue weighted by Gasteiger charge is -2.16. The maximum absolute atomic E-state index is 11.8. The molecule has 0 aliphatic carbocycles. The van der Waals surface area contributed by atoms with Crippen LogP contribution in [0.3, 0.4) is 0 Å². The van der Waals surface area contributed by atoms with Gasteiger partial charge in [-0.3, -0.25) is 9.59 Å². The smallest absolute Gasteiger partial charge is 0.328 e. The van der Waals surface area contributed by atoms with Crippen LogP contribution in [0.25, 0.3) is 0 Å². The lowest BCUT2D eigenvalue weighted by atomic mass is 10.1. The average Bonchev–Trinajstić information content (AvgIpc) is 2.42. The third-order valence-electron chi connectivity index (χ3n) is 2.74. The van der Waals surface area contributed by atoms with Crippen molar-refractivity contribution in [3.05, 3.63) is 35.9 Å². The number of amides is 1. The maximum Gasteiger partial charge on any atom is 0.328 e. The minimum absolute atomic E-state index is 0.0119. The Morgan fingerprint density at radius 1 is 1.15 bits per heavy atom. The fourth-order valence-electron chi connectivity index (χ4n) is 1.63. The molecule has 108 valence electrons. The molecule has 6 nitrogen and oxygen atoms in total. The van der Waals surface area contributed by atoms with Crippen LogP contribution in [0.2, 0.25) is 0 Å². The predicted octanol–water partition coefficient (Wildman–Crippen LogP) is 0.600. The summed E-state index contributed by atoms with van der Waals surface area (Å²) >= 11 is 0. The Bertz CT molecular complexity index is 484. The molecule has 1 rings (SSSR count). The van der Waals surface area contributed by atoms with Crippen LogP contribution < -0.4 is 5.32 Å². The van der Waals surface area contributed by atoms with Crippen molar-refractivity contribution in [1.29, 1.82) is 0 Å². The van der Waals surface area contributed by atoms with E-state index in [4.69, 9.17) is 5.11 Å². The Labute approximate surface area is 116 Å². The summed E-state index contributed by atoms with van der Waals surface area (Å²) in [4.78, 5) is 34.1. The topological polar surface area (TPSA) is 104 Å². The molecule has 0 fully saturated rings. The molecule has 1 aromatic carbocycles. The van der Waals surface area contributed by atoms with E-state index in [9.17, 15) is 19.5 Å². The van der Waals surface area contributed by atoms with Crippen molar-refractivity contribution in [2.75, 3.05) is 0 Å². The summed E-state index contributed by atoms with van der Waals surface area (Å²) in [5, 5.41) is 20.2. The van der Waals surface area contributed by atoms with Gasteiger partial charge in [0.15, 0.2) is 11.8 Å². The Morgan fingerprint density at radius 2 is 1.75 bits per heavy atom. The number of carbonyl (C=O) groups is 3. The molecule has 0 heterocycles. The maximum atomic E-state index is 11.8. The van der Waals surface area contributed by atoms with Crippen molar-refractivity contribution in [2.24, 2.45) is 0 Å². The first kappa shape index (κ1) is 15.8. The van der Waals surface area contributed by atoms with Gasteiger partial charge in [0.25, 0.3) is 0 Å². The number of carboxylic acids is 1. The van der Waals surface area contributed by atoms with E-state index in [-0.39, 0.29) is 18.6 Å². The minimum atomic E-state index is -1.37. The van der Waals surface area contributed by atoms with Crippen LogP contribution in [0, 0.1) is 0 Å². The number of hydrogen-bond acceptors (Lipinski definition) is 4. The number of rotatable bonds is 7. The van der Waals surface area contributed by atoms with Crippen molar-refractivity contribution < 1.29 is 24.6 Å². The van der Waals surface area contributed by atoms with Crippen LogP contribution in [-0.2, 0) is 9.59 Å². The van der Waals surface area contributed by atoms with Gasteiger partial charge in [-0.25, -0.2) is 4.79 Å². The fourth-order valence-corrected chi connectivity index (χ4v) is 1.63.